The first kappa shape index (κ1) is 22.8. The Morgan fingerprint density at radius 3 is 2.34 bits per heavy atom. The average Bonchev–Trinajstić information content (AvgIpc) is 3.21. The van der Waals surface area contributed by atoms with E-state index in [1.807, 2.05) is 24.3 Å². The summed E-state index contributed by atoms with van der Waals surface area (Å²) in [5, 5.41) is 4.93. The molecule has 0 bridgehead atoms. The third kappa shape index (κ3) is 4.56. The smallest absolute Gasteiger partial charge is 0.260 e. The quantitative estimate of drug-likeness (QED) is 0.347. The molecule has 3 aromatic rings. The van der Waals surface area contributed by atoms with Gasteiger partial charge >= 0.3 is 0 Å². The van der Waals surface area contributed by atoms with Crippen LogP contribution in [0.15, 0.2) is 65.6 Å². The average molecular weight is 447 g/mol. The van der Waals surface area contributed by atoms with Crippen LogP contribution in [0.25, 0.3) is 11.3 Å². The van der Waals surface area contributed by atoms with Crippen molar-refractivity contribution in [3.05, 3.63) is 71.9 Å². The fourth-order valence-electron chi connectivity index (χ4n) is 4.89. The number of aromatic nitrogens is 2. The van der Waals surface area contributed by atoms with Crippen LogP contribution in [0.3, 0.4) is 0 Å². The minimum atomic E-state index is -0.154. The predicted molar refractivity (Wildman–Crippen MR) is 135 cm³/mol. The topological polar surface area (TPSA) is 34.9 Å². The van der Waals surface area contributed by atoms with E-state index in [2.05, 4.69) is 64.1 Å². The predicted octanol–water partition coefficient (Wildman–Crippen LogP) is 7.79. The van der Waals surface area contributed by atoms with Crippen molar-refractivity contribution in [1.29, 1.82) is 0 Å². The molecule has 0 spiro atoms. The van der Waals surface area contributed by atoms with Gasteiger partial charge in [-0.05, 0) is 43.2 Å². The van der Waals surface area contributed by atoms with Crippen molar-refractivity contribution in [2.24, 2.45) is 5.92 Å². The highest BCUT2D eigenvalue weighted by Gasteiger charge is 2.36. The van der Waals surface area contributed by atoms with Gasteiger partial charge in [-0.15, -0.1) is 11.8 Å². The monoisotopic (exact) mass is 446 g/mol. The van der Waals surface area contributed by atoms with Crippen LogP contribution in [-0.2, 0) is 0 Å². The lowest BCUT2D eigenvalue weighted by molar-refractivity contribution is 0.0892. The Morgan fingerprint density at radius 2 is 1.72 bits per heavy atom. The molecule has 3 atom stereocenters. The Morgan fingerprint density at radius 1 is 1.06 bits per heavy atom. The van der Waals surface area contributed by atoms with Gasteiger partial charge in [-0.2, -0.15) is 9.78 Å². The number of carbonyl (C=O) groups is 1. The molecule has 0 amide bonds. The summed E-state index contributed by atoms with van der Waals surface area (Å²) in [4.78, 5) is 15.1. The first-order chi connectivity index (χ1) is 15.5. The van der Waals surface area contributed by atoms with Crippen LogP contribution in [0.4, 0.5) is 0 Å². The number of benzene rings is 2. The molecule has 2 aromatic carbocycles. The maximum atomic E-state index is 14.0. The van der Waals surface area contributed by atoms with Crippen LogP contribution in [0.5, 0.6) is 0 Å². The van der Waals surface area contributed by atoms with E-state index >= 15 is 0 Å². The fraction of sp³-hybridized carbons (Fsp3) is 0.429. The summed E-state index contributed by atoms with van der Waals surface area (Å²) in [6.45, 7) is 8.99. The molecule has 1 heterocycles. The van der Waals surface area contributed by atoms with Gasteiger partial charge < -0.3 is 0 Å². The Kier molecular flexibility index (Phi) is 7.20. The molecule has 1 aliphatic rings. The highest BCUT2D eigenvalue weighted by molar-refractivity contribution is 8.00. The minimum Gasteiger partial charge on any atom is -0.271 e. The van der Waals surface area contributed by atoms with Crippen molar-refractivity contribution in [1.82, 2.24) is 9.78 Å². The third-order valence-electron chi connectivity index (χ3n) is 6.61. The first-order valence-electron chi connectivity index (χ1n) is 11.9. The molecule has 168 valence electrons. The van der Waals surface area contributed by atoms with Crippen LogP contribution in [-0.4, -0.2) is 20.9 Å². The minimum absolute atomic E-state index is 0.101. The third-order valence-corrected chi connectivity index (χ3v) is 7.88. The van der Waals surface area contributed by atoms with Gasteiger partial charge in [0.1, 0.15) is 0 Å². The summed E-state index contributed by atoms with van der Waals surface area (Å²) < 4.78 is 1.77. The summed E-state index contributed by atoms with van der Waals surface area (Å²) in [6.07, 6.45) is 4.08. The van der Waals surface area contributed by atoms with E-state index in [1.54, 1.807) is 16.4 Å². The van der Waals surface area contributed by atoms with Gasteiger partial charge in [0.05, 0.1) is 16.6 Å². The van der Waals surface area contributed by atoms with E-state index in [-0.39, 0.29) is 11.2 Å². The lowest BCUT2D eigenvalue weighted by Gasteiger charge is -2.28. The molecule has 0 radical (unpaired) electrons. The molecule has 4 heteroatoms. The highest BCUT2D eigenvalue weighted by atomic mass is 32.2. The summed E-state index contributed by atoms with van der Waals surface area (Å²) >= 11 is 1.66. The molecule has 0 fully saturated rings. The Hall–Kier alpha value is -2.33. The zero-order chi connectivity index (χ0) is 22.7. The van der Waals surface area contributed by atoms with E-state index in [9.17, 15) is 4.79 Å². The molecule has 0 saturated carbocycles. The maximum absolute atomic E-state index is 14.0. The molecule has 1 aliphatic carbocycles. The van der Waals surface area contributed by atoms with E-state index in [4.69, 9.17) is 5.10 Å². The van der Waals surface area contributed by atoms with Crippen LogP contribution in [0, 0.1) is 5.92 Å². The Labute approximate surface area is 196 Å². The van der Waals surface area contributed by atoms with Gasteiger partial charge in [-0.1, -0.05) is 82.6 Å². The number of rotatable bonds is 7. The number of nitrogens with zero attached hydrogens (tertiary/aromatic N) is 2. The molecule has 0 N–H and O–H groups in total. The molecule has 0 unspecified atom stereocenters. The second-order valence-corrected chi connectivity index (χ2v) is 10.6. The number of thioether (sulfide) groups is 1. The van der Waals surface area contributed by atoms with Crippen molar-refractivity contribution < 1.29 is 4.79 Å². The summed E-state index contributed by atoms with van der Waals surface area (Å²) in [6, 6.07) is 20.6. The number of carbonyl (C=O) groups excluding carboxylic acids is 1. The Bertz CT molecular complexity index is 1040. The molecule has 1 aromatic heterocycles. The van der Waals surface area contributed by atoms with Crippen molar-refractivity contribution in [3.8, 4) is 11.3 Å². The number of fused-ring (bicyclic) bond motifs is 1. The highest BCUT2D eigenvalue weighted by Crippen LogP contribution is 2.46. The molecular weight excluding hydrogens is 412 g/mol. The van der Waals surface area contributed by atoms with Crippen molar-refractivity contribution >= 4 is 17.7 Å². The van der Waals surface area contributed by atoms with Crippen LogP contribution in [0.1, 0.15) is 81.3 Å². The largest absolute Gasteiger partial charge is 0.271 e. The van der Waals surface area contributed by atoms with Gasteiger partial charge in [-0.3, -0.25) is 4.79 Å². The second-order valence-electron chi connectivity index (χ2n) is 9.30. The van der Waals surface area contributed by atoms with Gasteiger partial charge in [0, 0.05) is 21.9 Å². The zero-order valence-electron chi connectivity index (χ0n) is 19.6. The van der Waals surface area contributed by atoms with Gasteiger partial charge in [0.25, 0.3) is 5.91 Å². The van der Waals surface area contributed by atoms with Gasteiger partial charge in [0.15, 0.2) is 0 Å². The number of hydrogen-bond donors (Lipinski definition) is 0. The number of hydrogen-bond acceptors (Lipinski definition) is 3. The van der Waals surface area contributed by atoms with Crippen LogP contribution < -0.4 is 0 Å². The summed E-state index contributed by atoms with van der Waals surface area (Å²) in [7, 11) is 0. The van der Waals surface area contributed by atoms with E-state index in [0.717, 1.165) is 47.5 Å². The summed E-state index contributed by atoms with van der Waals surface area (Å²) in [5.74, 6) is 1.42. The maximum Gasteiger partial charge on any atom is 0.260 e. The molecule has 0 saturated heterocycles. The molecule has 0 aliphatic heterocycles. The molecule has 3 nitrogen and oxygen atoms in total. The fourth-order valence-corrected chi connectivity index (χ4v) is 6.09. The summed E-state index contributed by atoms with van der Waals surface area (Å²) in [5.41, 5.74) is 4.53. The van der Waals surface area contributed by atoms with Crippen molar-refractivity contribution in [3.63, 3.8) is 0 Å². The second kappa shape index (κ2) is 10.1. The Balaban J connectivity index is 1.83. The van der Waals surface area contributed by atoms with Crippen LogP contribution in [0.2, 0.25) is 0 Å². The van der Waals surface area contributed by atoms with E-state index in [1.165, 1.54) is 5.56 Å². The zero-order valence-corrected chi connectivity index (χ0v) is 20.4. The molecule has 32 heavy (non-hydrogen) atoms. The van der Waals surface area contributed by atoms with Gasteiger partial charge in [0.2, 0.25) is 0 Å². The van der Waals surface area contributed by atoms with E-state index in [0.29, 0.717) is 17.8 Å². The molecule has 4 rings (SSSR count). The van der Waals surface area contributed by atoms with Crippen molar-refractivity contribution in [2.75, 3.05) is 0 Å². The first-order valence-corrected chi connectivity index (χ1v) is 12.8. The lowest BCUT2D eigenvalue weighted by Crippen LogP contribution is -2.26. The lowest BCUT2D eigenvalue weighted by atomic mass is 9.75. The van der Waals surface area contributed by atoms with Crippen molar-refractivity contribution in [2.45, 2.75) is 75.4 Å². The standard InChI is InChI=1S/C28H34N2OS/c1-5-12-24(32-22-15-10-7-11-16-22)28(31)30-27(21-13-8-6-9-14-21)25-20(4)17-18-23(19(2)3)26(25)29-30/h6-11,13-16,19-20,23-24H,5,12,17-18H2,1-4H3/t20-,23+,24-/m1/s1. The van der Waals surface area contributed by atoms with E-state index < -0.39 is 0 Å². The normalized spacial score (nSPS) is 19.0. The molecular formula is C28H34N2OS. The van der Waals surface area contributed by atoms with Gasteiger partial charge in [-0.25, -0.2) is 0 Å². The SMILES string of the molecule is CCC[C@@H](Sc1ccccc1)C(=O)n1nc2c(c1-c1ccccc1)[C@H](C)CC[C@H]2C(C)C. The van der Waals surface area contributed by atoms with Crippen LogP contribution >= 0.6 is 11.8 Å².